The summed E-state index contributed by atoms with van der Waals surface area (Å²) in [7, 11) is 0. The van der Waals surface area contributed by atoms with Crippen LogP contribution >= 0.6 is 0 Å². The first-order valence-electron chi connectivity index (χ1n) is 8.71. The van der Waals surface area contributed by atoms with E-state index in [-0.39, 0.29) is 5.91 Å². The van der Waals surface area contributed by atoms with E-state index < -0.39 is 0 Å². The number of piperidine rings is 1. The third-order valence-electron chi connectivity index (χ3n) is 5.24. The minimum atomic E-state index is 0.265. The molecule has 0 saturated carbocycles. The van der Waals surface area contributed by atoms with Gasteiger partial charge in [0.25, 0.3) is 0 Å². The standard InChI is InChI=1S/C19H24N2O/c22-19(14-20-12-6-1-7-13-20)21-17-10-4-2-8-15(17)16-9-3-5-11-18(16)21/h2,4,8,10H,1,3,5-7,9,11-14H2. The quantitative estimate of drug-likeness (QED) is 0.845. The molecule has 1 aliphatic heterocycles. The number of carbonyl (C=O) groups excluding carboxylic acids is 1. The lowest BCUT2D eigenvalue weighted by Crippen LogP contribution is -2.36. The fraction of sp³-hybridized carbons (Fsp3) is 0.526. The molecule has 0 amide bonds. The van der Waals surface area contributed by atoms with Gasteiger partial charge in [-0.1, -0.05) is 24.6 Å². The largest absolute Gasteiger partial charge is 0.294 e. The molecule has 0 bridgehead atoms. The smallest absolute Gasteiger partial charge is 0.245 e. The molecule has 1 aromatic carbocycles. The molecule has 22 heavy (non-hydrogen) atoms. The molecule has 2 heterocycles. The molecular weight excluding hydrogens is 272 g/mol. The summed E-state index contributed by atoms with van der Waals surface area (Å²) >= 11 is 0. The van der Waals surface area contributed by atoms with E-state index in [1.54, 1.807) is 0 Å². The first-order valence-corrected chi connectivity index (χ1v) is 8.71. The molecule has 3 nitrogen and oxygen atoms in total. The number of likely N-dealkylation sites (tertiary alicyclic amines) is 1. The molecule has 0 unspecified atom stereocenters. The molecule has 4 rings (SSSR count). The minimum absolute atomic E-state index is 0.265. The predicted octanol–water partition coefficient (Wildman–Crippen LogP) is 3.65. The number of fused-ring (bicyclic) bond motifs is 3. The van der Waals surface area contributed by atoms with Crippen molar-refractivity contribution < 1.29 is 4.79 Å². The van der Waals surface area contributed by atoms with Crippen molar-refractivity contribution in [1.29, 1.82) is 0 Å². The summed E-state index contributed by atoms with van der Waals surface area (Å²) in [5, 5.41) is 1.30. The van der Waals surface area contributed by atoms with E-state index in [0.29, 0.717) is 6.54 Å². The number of hydrogen-bond acceptors (Lipinski definition) is 2. The number of aromatic nitrogens is 1. The van der Waals surface area contributed by atoms with E-state index in [9.17, 15) is 4.79 Å². The molecule has 2 aromatic rings. The van der Waals surface area contributed by atoms with Gasteiger partial charge in [0.2, 0.25) is 5.91 Å². The maximum Gasteiger partial charge on any atom is 0.245 e. The average molecular weight is 296 g/mol. The zero-order valence-corrected chi connectivity index (χ0v) is 13.2. The number of hydrogen-bond donors (Lipinski definition) is 0. The van der Waals surface area contributed by atoms with Crippen LogP contribution in [0.3, 0.4) is 0 Å². The molecule has 1 saturated heterocycles. The van der Waals surface area contributed by atoms with Crippen molar-refractivity contribution >= 4 is 16.8 Å². The Morgan fingerprint density at radius 1 is 0.955 bits per heavy atom. The highest BCUT2D eigenvalue weighted by Crippen LogP contribution is 2.32. The van der Waals surface area contributed by atoms with Gasteiger partial charge in [0.1, 0.15) is 0 Å². The SMILES string of the molecule is O=C(CN1CCCCC1)n1c2c(c3ccccc31)CCCC2. The highest BCUT2D eigenvalue weighted by molar-refractivity contribution is 5.97. The number of rotatable bonds is 2. The van der Waals surface area contributed by atoms with E-state index in [1.807, 2.05) is 4.57 Å². The van der Waals surface area contributed by atoms with Crippen LogP contribution in [-0.2, 0) is 12.8 Å². The maximum absolute atomic E-state index is 13.0. The summed E-state index contributed by atoms with van der Waals surface area (Å²) in [5.74, 6) is 0.265. The lowest BCUT2D eigenvalue weighted by atomic mass is 9.95. The minimum Gasteiger partial charge on any atom is -0.294 e. The van der Waals surface area contributed by atoms with Crippen molar-refractivity contribution in [2.24, 2.45) is 0 Å². The summed E-state index contributed by atoms with van der Waals surface area (Å²) in [6, 6.07) is 8.45. The first kappa shape index (κ1) is 14.0. The lowest BCUT2D eigenvalue weighted by Gasteiger charge is -2.26. The van der Waals surface area contributed by atoms with Crippen LogP contribution in [0.1, 0.15) is 48.2 Å². The number of carbonyl (C=O) groups is 1. The number of aryl methyl sites for hydroxylation is 1. The Labute approximate surface area is 131 Å². The normalized spacial score (nSPS) is 19.3. The third kappa shape index (κ3) is 2.38. The van der Waals surface area contributed by atoms with Gasteiger partial charge in [-0.25, -0.2) is 0 Å². The van der Waals surface area contributed by atoms with E-state index in [4.69, 9.17) is 0 Å². The second kappa shape index (κ2) is 5.88. The highest BCUT2D eigenvalue weighted by Gasteiger charge is 2.24. The third-order valence-corrected chi connectivity index (χ3v) is 5.24. The van der Waals surface area contributed by atoms with Crippen LogP contribution in [0, 0.1) is 0 Å². The fourth-order valence-electron chi connectivity index (χ4n) is 4.16. The monoisotopic (exact) mass is 296 g/mol. The maximum atomic E-state index is 13.0. The van der Waals surface area contributed by atoms with Crippen LogP contribution in [0.5, 0.6) is 0 Å². The molecule has 0 N–H and O–H groups in total. The summed E-state index contributed by atoms with van der Waals surface area (Å²) in [4.78, 5) is 15.3. The first-order chi connectivity index (χ1) is 10.8. The second-order valence-corrected chi connectivity index (χ2v) is 6.72. The van der Waals surface area contributed by atoms with E-state index >= 15 is 0 Å². The zero-order valence-electron chi connectivity index (χ0n) is 13.2. The summed E-state index contributed by atoms with van der Waals surface area (Å²) < 4.78 is 2.04. The van der Waals surface area contributed by atoms with Gasteiger partial charge in [-0.2, -0.15) is 0 Å². The Balaban J connectivity index is 1.72. The van der Waals surface area contributed by atoms with Gasteiger partial charge >= 0.3 is 0 Å². The van der Waals surface area contributed by atoms with Crippen LogP contribution in [0.2, 0.25) is 0 Å². The van der Waals surface area contributed by atoms with Gasteiger partial charge in [-0.3, -0.25) is 14.3 Å². The molecule has 1 aromatic heterocycles. The molecule has 2 aliphatic rings. The van der Waals surface area contributed by atoms with Gasteiger partial charge in [-0.05, 0) is 63.2 Å². The van der Waals surface area contributed by atoms with Crippen LogP contribution in [0.4, 0.5) is 0 Å². The Kier molecular flexibility index (Phi) is 3.75. The molecule has 0 spiro atoms. The van der Waals surface area contributed by atoms with Crippen molar-refractivity contribution in [3.63, 3.8) is 0 Å². The van der Waals surface area contributed by atoms with Crippen molar-refractivity contribution in [2.75, 3.05) is 19.6 Å². The van der Waals surface area contributed by atoms with Crippen LogP contribution in [0.25, 0.3) is 10.9 Å². The van der Waals surface area contributed by atoms with Crippen molar-refractivity contribution in [2.45, 2.75) is 44.9 Å². The van der Waals surface area contributed by atoms with Crippen molar-refractivity contribution in [3.05, 3.63) is 35.5 Å². The zero-order chi connectivity index (χ0) is 14.9. The molecule has 0 atom stereocenters. The van der Waals surface area contributed by atoms with Gasteiger partial charge in [-0.15, -0.1) is 0 Å². The average Bonchev–Trinajstić information content (AvgIpc) is 2.90. The summed E-state index contributed by atoms with van der Waals surface area (Å²) in [6.45, 7) is 2.73. The fourth-order valence-corrected chi connectivity index (χ4v) is 4.16. The Bertz CT molecular complexity index is 695. The molecule has 1 aliphatic carbocycles. The van der Waals surface area contributed by atoms with Gasteiger partial charge in [0.05, 0.1) is 12.1 Å². The predicted molar refractivity (Wildman–Crippen MR) is 89.5 cm³/mol. The number of benzene rings is 1. The molecule has 1 fully saturated rings. The van der Waals surface area contributed by atoms with E-state index in [2.05, 4.69) is 29.2 Å². The van der Waals surface area contributed by atoms with E-state index in [0.717, 1.165) is 31.4 Å². The Hall–Kier alpha value is -1.61. The van der Waals surface area contributed by atoms with Crippen LogP contribution in [-0.4, -0.2) is 35.0 Å². The topological polar surface area (TPSA) is 25.2 Å². The Morgan fingerprint density at radius 2 is 1.73 bits per heavy atom. The number of para-hydroxylation sites is 1. The summed E-state index contributed by atoms with van der Waals surface area (Å²) in [6.07, 6.45) is 8.42. The van der Waals surface area contributed by atoms with Crippen LogP contribution < -0.4 is 0 Å². The van der Waals surface area contributed by atoms with Gasteiger partial charge < -0.3 is 0 Å². The lowest BCUT2D eigenvalue weighted by molar-refractivity contribution is 0.0835. The number of nitrogens with zero attached hydrogens (tertiary/aromatic N) is 2. The Morgan fingerprint density at radius 3 is 2.59 bits per heavy atom. The van der Waals surface area contributed by atoms with Gasteiger partial charge in [0.15, 0.2) is 0 Å². The molecule has 0 radical (unpaired) electrons. The van der Waals surface area contributed by atoms with Crippen molar-refractivity contribution in [1.82, 2.24) is 9.47 Å². The highest BCUT2D eigenvalue weighted by atomic mass is 16.2. The van der Waals surface area contributed by atoms with Crippen molar-refractivity contribution in [3.8, 4) is 0 Å². The van der Waals surface area contributed by atoms with Crippen LogP contribution in [0.15, 0.2) is 24.3 Å². The second-order valence-electron chi connectivity index (χ2n) is 6.72. The molecule has 116 valence electrons. The van der Waals surface area contributed by atoms with Gasteiger partial charge in [0, 0.05) is 11.1 Å². The van der Waals surface area contributed by atoms with E-state index in [1.165, 1.54) is 48.7 Å². The molecule has 3 heteroatoms. The summed E-state index contributed by atoms with van der Waals surface area (Å²) in [5.41, 5.74) is 3.83. The molecular formula is C19H24N2O.